The minimum Gasteiger partial charge on any atom is -0.481 e. The number of Topliss-reactive ketones (excluding diaryl/α,β-unsaturated/α-hetero) is 2. The highest BCUT2D eigenvalue weighted by Crippen LogP contribution is 2.22. The van der Waals surface area contributed by atoms with Crippen LogP contribution in [0.1, 0.15) is 46.5 Å². The van der Waals surface area contributed by atoms with E-state index in [1.165, 1.54) is 11.8 Å². The maximum Gasteiger partial charge on any atom is 0.310 e. The van der Waals surface area contributed by atoms with Crippen LogP contribution in [0.25, 0.3) is 0 Å². The summed E-state index contributed by atoms with van der Waals surface area (Å²) >= 11 is 1.43. The van der Waals surface area contributed by atoms with Crippen molar-refractivity contribution in [2.24, 2.45) is 5.41 Å². The van der Waals surface area contributed by atoms with Gasteiger partial charge in [-0.3, -0.25) is 14.4 Å². The van der Waals surface area contributed by atoms with Crippen LogP contribution in [0.3, 0.4) is 0 Å². The minimum atomic E-state index is -1.09. The van der Waals surface area contributed by atoms with Crippen LogP contribution in [-0.4, -0.2) is 40.9 Å². The SMILES string of the molecule is CCC(C)(C)C(=O)CCOCSCCC(=O)CC(=O)O. The Balaban J connectivity index is 3.52. The number of aliphatic carboxylic acids is 1. The number of carbonyl (C=O) groups excluding carboxylic acids is 2. The Morgan fingerprint density at radius 1 is 1.20 bits per heavy atom. The number of ketones is 2. The lowest BCUT2D eigenvalue weighted by Gasteiger charge is -2.20. The molecule has 0 saturated carbocycles. The largest absolute Gasteiger partial charge is 0.481 e. The van der Waals surface area contributed by atoms with Crippen molar-refractivity contribution in [2.45, 2.75) is 46.5 Å². The lowest BCUT2D eigenvalue weighted by Crippen LogP contribution is -2.24. The van der Waals surface area contributed by atoms with Crippen LogP contribution in [0.2, 0.25) is 0 Å². The molecule has 6 heteroatoms. The summed E-state index contributed by atoms with van der Waals surface area (Å²) in [7, 11) is 0. The summed E-state index contributed by atoms with van der Waals surface area (Å²) in [5.74, 6) is -0.208. The molecule has 0 aliphatic carbocycles. The van der Waals surface area contributed by atoms with Gasteiger partial charge in [-0.25, -0.2) is 0 Å². The van der Waals surface area contributed by atoms with E-state index in [1.807, 2.05) is 20.8 Å². The topological polar surface area (TPSA) is 80.7 Å². The van der Waals surface area contributed by atoms with Crippen LogP contribution in [0.5, 0.6) is 0 Å². The number of carboxylic acids is 1. The molecule has 0 heterocycles. The van der Waals surface area contributed by atoms with E-state index in [-0.39, 0.29) is 23.4 Å². The van der Waals surface area contributed by atoms with Gasteiger partial charge in [-0.1, -0.05) is 20.8 Å². The molecule has 1 N–H and O–H groups in total. The molecule has 0 atom stereocenters. The first kappa shape index (κ1) is 19.1. The van der Waals surface area contributed by atoms with E-state index in [9.17, 15) is 14.4 Å². The molecule has 0 saturated heterocycles. The highest BCUT2D eigenvalue weighted by atomic mass is 32.2. The number of carbonyl (C=O) groups is 3. The fourth-order valence-corrected chi connectivity index (χ4v) is 2.05. The summed E-state index contributed by atoms with van der Waals surface area (Å²) in [5.41, 5.74) is -0.292. The fraction of sp³-hybridized carbons (Fsp3) is 0.786. The van der Waals surface area contributed by atoms with Gasteiger partial charge in [0.05, 0.1) is 12.5 Å². The Hall–Kier alpha value is -0.880. The normalized spacial score (nSPS) is 11.3. The summed E-state index contributed by atoms with van der Waals surface area (Å²) in [6, 6.07) is 0. The second kappa shape index (κ2) is 9.94. The number of rotatable bonds is 12. The van der Waals surface area contributed by atoms with Crippen molar-refractivity contribution in [1.29, 1.82) is 0 Å². The molecule has 0 aromatic heterocycles. The van der Waals surface area contributed by atoms with Crippen molar-refractivity contribution in [2.75, 3.05) is 18.3 Å². The van der Waals surface area contributed by atoms with Crippen LogP contribution < -0.4 is 0 Å². The smallest absolute Gasteiger partial charge is 0.310 e. The van der Waals surface area contributed by atoms with E-state index >= 15 is 0 Å². The third-order valence-electron chi connectivity index (χ3n) is 3.15. The third-order valence-corrected chi connectivity index (χ3v) is 3.98. The molecule has 0 bridgehead atoms. The van der Waals surface area contributed by atoms with Crippen molar-refractivity contribution in [3.63, 3.8) is 0 Å². The molecule has 0 rings (SSSR count). The van der Waals surface area contributed by atoms with Gasteiger partial charge in [0.15, 0.2) is 0 Å². The first-order valence-corrected chi connectivity index (χ1v) is 7.87. The van der Waals surface area contributed by atoms with Gasteiger partial charge in [0.1, 0.15) is 18.0 Å². The van der Waals surface area contributed by atoms with E-state index in [4.69, 9.17) is 9.84 Å². The van der Waals surface area contributed by atoms with Crippen molar-refractivity contribution < 1.29 is 24.2 Å². The molecule has 116 valence electrons. The van der Waals surface area contributed by atoms with E-state index in [0.29, 0.717) is 24.7 Å². The molecule has 0 aromatic rings. The zero-order valence-electron chi connectivity index (χ0n) is 12.4. The van der Waals surface area contributed by atoms with Gasteiger partial charge < -0.3 is 9.84 Å². The van der Waals surface area contributed by atoms with Crippen LogP contribution in [0, 0.1) is 5.41 Å². The van der Waals surface area contributed by atoms with Crippen LogP contribution in [0.4, 0.5) is 0 Å². The monoisotopic (exact) mass is 304 g/mol. The number of carboxylic acid groups (broad SMARTS) is 1. The van der Waals surface area contributed by atoms with E-state index < -0.39 is 12.4 Å². The molecular weight excluding hydrogens is 280 g/mol. The van der Waals surface area contributed by atoms with Crippen LogP contribution in [-0.2, 0) is 19.1 Å². The molecule has 0 radical (unpaired) electrons. The maximum atomic E-state index is 11.8. The first-order valence-electron chi connectivity index (χ1n) is 6.72. The molecule has 0 aliphatic rings. The quantitative estimate of drug-likeness (QED) is 0.339. The number of hydrogen-bond acceptors (Lipinski definition) is 5. The lowest BCUT2D eigenvalue weighted by atomic mass is 9.84. The first-order chi connectivity index (χ1) is 9.29. The molecule has 0 aromatic carbocycles. The zero-order chi connectivity index (χ0) is 15.6. The van der Waals surface area contributed by atoms with Gasteiger partial charge in [0, 0.05) is 24.0 Å². The number of ether oxygens (including phenoxy) is 1. The fourth-order valence-electron chi connectivity index (χ4n) is 1.32. The molecule has 0 aliphatic heterocycles. The van der Waals surface area contributed by atoms with Gasteiger partial charge in [0.2, 0.25) is 0 Å². The highest BCUT2D eigenvalue weighted by molar-refractivity contribution is 7.99. The highest BCUT2D eigenvalue weighted by Gasteiger charge is 2.24. The third kappa shape index (κ3) is 9.09. The Kier molecular flexibility index (Phi) is 9.50. The van der Waals surface area contributed by atoms with E-state index in [1.54, 1.807) is 0 Å². The maximum absolute atomic E-state index is 11.8. The minimum absolute atomic E-state index is 0.196. The average Bonchev–Trinajstić information content (AvgIpc) is 2.36. The van der Waals surface area contributed by atoms with Crippen LogP contribution in [0.15, 0.2) is 0 Å². The molecule has 20 heavy (non-hydrogen) atoms. The lowest BCUT2D eigenvalue weighted by molar-refractivity contribution is -0.140. The second-order valence-corrected chi connectivity index (χ2v) is 6.26. The second-order valence-electron chi connectivity index (χ2n) is 5.20. The van der Waals surface area contributed by atoms with Crippen molar-refractivity contribution in [3.8, 4) is 0 Å². The molecule has 0 spiro atoms. The molecule has 0 unspecified atom stereocenters. The number of hydrogen-bond donors (Lipinski definition) is 1. The molecule has 5 nitrogen and oxygen atoms in total. The Bertz CT molecular complexity index is 338. The predicted molar refractivity (Wildman–Crippen MR) is 78.8 cm³/mol. The van der Waals surface area contributed by atoms with Gasteiger partial charge in [0.25, 0.3) is 0 Å². The Morgan fingerprint density at radius 3 is 2.40 bits per heavy atom. The standard InChI is InChI=1S/C14H24O5S/c1-4-14(2,3)12(16)5-7-19-10-20-8-6-11(15)9-13(17)18/h4-10H2,1-3H3,(H,17,18). The van der Waals surface area contributed by atoms with E-state index in [2.05, 4.69) is 0 Å². The average molecular weight is 304 g/mol. The van der Waals surface area contributed by atoms with Gasteiger partial charge in [-0.15, -0.1) is 11.8 Å². The van der Waals surface area contributed by atoms with Crippen molar-refractivity contribution in [1.82, 2.24) is 0 Å². The van der Waals surface area contributed by atoms with Gasteiger partial charge in [-0.2, -0.15) is 0 Å². The van der Waals surface area contributed by atoms with Crippen molar-refractivity contribution >= 4 is 29.3 Å². The Morgan fingerprint density at radius 2 is 1.85 bits per heavy atom. The summed E-state index contributed by atoms with van der Waals surface area (Å²) in [5, 5.41) is 8.41. The molecular formula is C14H24O5S. The molecule has 0 fully saturated rings. The summed E-state index contributed by atoms with van der Waals surface area (Å²) < 4.78 is 5.32. The Labute approximate surface area is 124 Å². The van der Waals surface area contributed by atoms with E-state index in [0.717, 1.165) is 6.42 Å². The molecule has 0 amide bonds. The van der Waals surface area contributed by atoms with Gasteiger partial charge in [-0.05, 0) is 6.42 Å². The predicted octanol–water partition coefficient (Wildman–Crippen LogP) is 2.52. The summed E-state index contributed by atoms with van der Waals surface area (Å²) in [6.07, 6.45) is 1.04. The van der Waals surface area contributed by atoms with Gasteiger partial charge >= 0.3 is 5.97 Å². The summed E-state index contributed by atoms with van der Waals surface area (Å²) in [6.45, 7) is 6.23. The van der Waals surface area contributed by atoms with Crippen molar-refractivity contribution in [3.05, 3.63) is 0 Å². The number of thioether (sulfide) groups is 1. The zero-order valence-corrected chi connectivity index (χ0v) is 13.3. The summed E-state index contributed by atoms with van der Waals surface area (Å²) in [4.78, 5) is 33.2. The van der Waals surface area contributed by atoms with Crippen LogP contribution >= 0.6 is 11.8 Å².